The quantitative estimate of drug-likeness (QED) is 0.267. The Labute approximate surface area is 222 Å². The van der Waals surface area contributed by atoms with Gasteiger partial charge >= 0.3 is 5.97 Å². The lowest BCUT2D eigenvalue weighted by Gasteiger charge is -2.17. The number of unbranched alkanes of at least 4 members (excludes halogenated alkanes) is 1. The number of fused-ring (bicyclic) bond motifs is 1. The molecule has 2 aromatic carbocycles. The predicted octanol–water partition coefficient (Wildman–Crippen LogP) is 5.91. The third-order valence-electron chi connectivity index (χ3n) is 6.88. The molecule has 5 rings (SSSR count). The number of carboxylic acid groups (broad SMARTS) is 1. The van der Waals surface area contributed by atoms with Crippen molar-refractivity contribution in [2.24, 2.45) is 5.92 Å². The van der Waals surface area contributed by atoms with E-state index in [9.17, 15) is 18.4 Å². The summed E-state index contributed by atoms with van der Waals surface area (Å²) in [6, 6.07) is 10.6. The molecule has 39 heavy (non-hydrogen) atoms. The zero-order chi connectivity index (χ0) is 27.5. The van der Waals surface area contributed by atoms with Crippen molar-refractivity contribution < 1.29 is 23.2 Å². The number of hydrogen-bond acceptors (Lipinski definition) is 6. The molecule has 0 amide bonds. The second-order valence-corrected chi connectivity index (χ2v) is 9.57. The summed E-state index contributed by atoms with van der Waals surface area (Å²) in [7, 11) is 0. The van der Waals surface area contributed by atoms with E-state index in [2.05, 4.69) is 10.1 Å². The fraction of sp³-hybridized carbons (Fsp3) is 0.276. The van der Waals surface area contributed by atoms with Gasteiger partial charge in [-0.3, -0.25) is 14.2 Å². The van der Waals surface area contributed by atoms with Crippen molar-refractivity contribution in [3.63, 3.8) is 0 Å². The van der Waals surface area contributed by atoms with E-state index in [1.165, 1.54) is 41.0 Å². The lowest BCUT2D eigenvalue weighted by molar-refractivity contribution is -0.137. The number of rotatable bonds is 9. The van der Waals surface area contributed by atoms with E-state index in [4.69, 9.17) is 14.6 Å². The first-order valence-corrected chi connectivity index (χ1v) is 12.7. The third kappa shape index (κ3) is 5.69. The van der Waals surface area contributed by atoms with E-state index in [0.717, 1.165) is 0 Å². The molecule has 2 aromatic heterocycles. The van der Waals surface area contributed by atoms with Crippen molar-refractivity contribution in [3.05, 3.63) is 94.4 Å². The summed E-state index contributed by atoms with van der Waals surface area (Å²) in [4.78, 5) is 33.8. The van der Waals surface area contributed by atoms with Crippen LogP contribution in [0.5, 0.6) is 0 Å². The van der Waals surface area contributed by atoms with E-state index in [1.807, 2.05) is 6.92 Å². The fourth-order valence-electron chi connectivity index (χ4n) is 4.66. The molecule has 0 fully saturated rings. The van der Waals surface area contributed by atoms with Crippen molar-refractivity contribution in [1.82, 2.24) is 19.7 Å². The molecule has 4 aromatic rings. The van der Waals surface area contributed by atoms with Crippen LogP contribution >= 0.6 is 0 Å². The predicted molar refractivity (Wildman–Crippen MR) is 141 cm³/mol. The average Bonchev–Trinajstić information content (AvgIpc) is 3.42. The minimum Gasteiger partial charge on any atom is -0.481 e. The van der Waals surface area contributed by atoms with Crippen LogP contribution in [0.4, 0.5) is 8.78 Å². The molecule has 0 aliphatic heterocycles. The third-order valence-corrected chi connectivity index (χ3v) is 6.88. The van der Waals surface area contributed by atoms with Crippen molar-refractivity contribution in [2.75, 3.05) is 0 Å². The maximum Gasteiger partial charge on any atom is 0.303 e. The number of aliphatic carboxylic acids is 1. The number of allylic oxidation sites excluding steroid dienone is 4. The van der Waals surface area contributed by atoms with Crippen LogP contribution in [0.15, 0.2) is 75.8 Å². The number of halogens is 2. The van der Waals surface area contributed by atoms with E-state index in [1.54, 1.807) is 24.3 Å². The van der Waals surface area contributed by atoms with Crippen LogP contribution in [-0.4, -0.2) is 30.8 Å². The number of benzene rings is 2. The first-order valence-electron chi connectivity index (χ1n) is 12.7. The topological polar surface area (TPSA) is 111 Å². The molecule has 0 radical (unpaired) electrons. The highest BCUT2D eigenvalue weighted by Gasteiger charge is 2.24. The maximum absolute atomic E-state index is 13.6. The highest BCUT2D eigenvalue weighted by Crippen LogP contribution is 2.32. The minimum absolute atomic E-state index is 0.0129. The summed E-state index contributed by atoms with van der Waals surface area (Å²) in [5.74, 6) is -0.455. The van der Waals surface area contributed by atoms with Gasteiger partial charge < -0.3 is 9.63 Å². The molecule has 1 aliphatic carbocycles. The van der Waals surface area contributed by atoms with Gasteiger partial charge in [-0.1, -0.05) is 24.2 Å². The van der Waals surface area contributed by atoms with Crippen LogP contribution in [0.2, 0.25) is 0 Å². The zero-order valence-corrected chi connectivity index (χ0v) is 21.2. The molecule has 2 unspecified atom stereocenters. The Balaban J connectivity index is 1.49. The van der Waals surface area contributed by atoms with Gasteiger partial charge in [0.25, 0.3) is 5.56 Å². The lowest BCUT2D eigenvalue weighted by atomic mass is 9.88. The first-order chi connectivity index (χ1) is 18.8. The van der Waals surface area contributed by atoms with Gasteiger partial charge in [0.15, 0.2) is 0 Å². The highest BCUT2D eigenvalue weighted by molar-refractivity contribution is 5.82. The largest absolute Gasteiger partial charge is 0.481 e. The lowest BCUT2D eigenvalue weighted by Crippen LogP contribution is -2.24. The minimum atomic E-state index is -0.890. The smallest absolute Gasteiger partial charge is 0.303 e. The Morgan fingerprint density at radius 3 is 2.67 bits per heavy atom. The summed E-state index contributed by atoms with van der Waals surface area (Å²) in [5.41, 5.74) is 1.19. The van der Waals surface area contributed by atoms with Gasteiger partial charge in [-0.2, -0.15) is 4.98 Å². The summed E-state index contributed by atoms with van der Waals surface area (Å²) in [5, 5.41) is 13.4. The Morgan fingerprint density at radius 1 is 1.15 bits per heavy atom. The Hall–Kier alpha value is -4.47. The van der Waals surface area contributed by atoms with E-state index in [-0.39, 0.29) is 29.6 Å². The molecular formula is C29H26F2N4O4. The number of carboxylic acids is 1. The zero-order valence-electron chi connectivity index (χ0n) is 21.2. The number of aryl methyl sites for hydroxylation is 1. The van der Waals surface area contributed by atoms with E-state index < -0.39 is 11.8 Å². The Kier molecular flexibility index (Phi) is 7.44. The summed E-state index contributed by atoms with van der Waals surface area (Å²) < 4.78 is 33.9. The van der Waals surface area contributed by atoms with Gasteiger partial charge in [0.2, 0.25) is 11.7 Å². The standard InChI is InChI=1S/C29H26F2N4O4/c1-17(18-6-9-20(30)10-7-18)28-33-27(34-39-28)19-8-15-23-24(16-19)32-25(4-2-3-5-26(36)37)35(29(23)38)22-13-11-21(31)12-14-22/h6,8-18H,2-5,7H2,1H3,(H,36,37). The van der Waals surface area contributed by atoms with Crippen LogP contribution in [0.25, 0.3) is 28.0 Å². The van der Waals surface area contributed by atoms with Crippen LogP contribution in [0.1, 0.15) is 50.2 Å². The van der Waals surface area contributed by atoms with Gasteiger partial charge in [-0.25, -0.2) is 13.8 Å². The SMILES string of the molecule is CC(c1nc(-c2ccc3c(=O)n(-c4ccc(F)cc4)c(CCCCC(=O)O)nc3c2)no1)C1C=CC(F)=CC1. The van der Waals surface area contributed by atoms with Crippen molar-refractivity contribution in [3.8, 4) is 17.1 Å². The van der Waals surface area contributed by atoms with E-state index >= 15 is 0 Å². The van der Waals surface area contributed by atoms with Gasteiger partial charge in [0, 0.05) is 24.3 Å². The molecule has 200 valence electrons. The molecule has 0 saturated heterocycles. The number of aromatic nitrogens is 4. The van der Waals surface area contributed by atoms with Gasteiger partial charge in [-0.05, 0) is 73.7 Å². The first kappa shape index (κ1) is 26.1. The van der Waals surface area contributed by atoms with Crippen molar-refractivity contribution in [1.29, 1.82) is 0 Å². The molecule has 0 spiro atoms. The maximum atomic E-state index is 13.6. The molecule has 2 atom stereocenters. The van der Waals surface area contributed by atoms with Crippen LogP contribution in [0, 0.1) is 11.7 Å². The fourth-order valence-corrected chi connectivity index (χ4v) is 4.66. The van der Waals surface area contributed by atoms with Crippen LogP contribution in [0.3, 0.4) is 0 Å². The Bertz CT molecular complexity index is 1640. The van der Waals surface area contributed by atoms with Gasteiger partial charge in [-0.15, -0.1) is 0 Å². The highest BCUT2D eigenvalue weighted by atomic mass is 19.1. The second-order valence-electron chi connectivity index (χ2n) is 9.57. The summed E-state index contributed by atoms with van der Waals surface area (Å²) in [6.07, 6.45) is 6.61. The monoisotopic (exact) mass is 532 g/mol. The van der Waals surface area contributed by atoms with Crippen molar-refractivity contribution in [2.45, 2.75) is 44.9 Å². The number of nitrogens with zero attached hydrogens (tertiary/aromatic N) is 4. The van der Waals surface area contributed by atoms with Gasteiger partial charge in [0.1, 0.15) is 17.5 Å². The van der Waals surface area contributed by atoms with Crippen LogP contribution in [-0.2, 0) is 11.2 Å². The van der Waals surface area contributed by atoms with Gasteiger partial charge in [0.05, 0.1) is 16.6 Å². The summed E-state index contributed by atoms with van der Waals surface area (Å²) >= 11 is 0. The Morgan fingerprint density at radius 2 is 1.95 bits per heavy atom. The molecule has 0 bridgehead atoms. The van der Waals surface area contributed by atoms with E-state index in [0.29, 0.717) is 65.4 Å². The summed E-state index contributed by atoms with van der Waals surface area (Å²) in [6.45, 7) is 1.94. The second kappa shape index (κ2) is 11.1. The number of hydrogen-bond donors (Lipinski definition) is 1. The number of carbonyl (C=O) groups is 1. The molecule has 0 saturated carbocycles. The molecule has 1 N–H and O–H groups in total. The molecule has 1 aliphatic rings. The van der Waals surface area contributed by atoms with Crippen LogP contribution < -0.4 is 5.56 Å². The molecule has 2 heterocycles. The molecule has 8 nitrogen and oxygen atoms in total. The average molecular weight is 533 g/mol. The molecular weight excluding hydrogens is 506 g/mol. The van der Waals surface area contributed by atoms with Crippen molar-refractivity contribution >= 4 is 16.9 Å². The normalized spacial score (nSPS) is 15.9. The molecule has 10 heteroatoms.